The molecule has 2 rings (SSSR count). The van der Waals surface area contributed by atoms with E-state index in [2.05, 4.69) is 24.1 Å². The topological polar surface area (TPSA) is 80.5 Å². The minimum atomic E-state index is -0.0104. The minimum absolute atomic E-state index is 0.0104. The van der Waals surface area contributed by atoms with Crippen molar-refractivity contribution in [3.05, 3.63) is 4.88 Å². The van der Waals surface area contributed by atoms with Crippen molar-refractivity contribution in [3.63, 3.8) is 0 Å². The number of ether oxygens (including phenoxy) is 1. The van der Waals surface area contributed by atoms with Crippen LogP contribution in [0, 0.1) is 0 Å². The Bertz CT molecular complexity index is 485. The van der Waals surface area contributed by atoms with E-state index in [-0.39, 0.29) is 5.91 Å². The first kappa shape index (κ1) is 16.4. The lowest BCUT2D eigenvalue weighted by molar-refractivity contribution is 0.0759. The summed E-state index contributed by atoms with van der Waals surface area (Å²) in [5.74, 6) is 0.298. The van der Waals surface area contributed by atoms with Crippen LogP contribution in [0.5, 0.6) is 0 Å². The summed E-state index contributed by atoms with van der Waals surface area (Å²) >= 11 is 3.23. The molecule has 1 aliphatic heterocycles. The van der Waals surface area contributed by atoms with E-state index in [1.54, 1.807) is 7.11 Å². The number of thiazole rings is 1. The van der Waals surface area contributed by atoms with Gasteiger partial charge >= 0.3 is 0 Å². The summed E-state index contributed by atoms with van der Waals surface area (Å²) in [6, 6.07) is 0. The molecule has 118 valence electrons. The highest BCUT2D eigenvalue weighted by Gasteiger charge is 2.29. The molecular formula is C13H22N4O2S2. The molecular weight excluding hydrogens is 308 g/mol. The number of nitrogen functional groups attached to an aromatic ring is 1. The summed E-state index contributed by atoms with van der Waals surface area (Å²) < 4.78 is 4.97. The van der Waals surface area contributed by atoms with Crippen LogP contribution in [0.4, 0.5) is 10.9 Å². The lowest BCUT2D eigenvalue weighted by atomic mass is 10.3. The van der Waals surface area contributed by atoms with Crippen molar-refractivity contribution in [2.24, 2.45) is 0 Å². The Hall–Kier alpha value is -0.990. The quantitative estimate of drug-likeness (QED) is 0.801. The van der Waals surface area contributed by atoms with E-state index in [0.29, 0.717) is 39.5 Å². The number of methoxy groups -OCH3 is 1. The van der Waals surface area contributed by atoms with Gasteiger partial charge in [0.1, 0.15) is 10.7 Å². The molecule has 2 atom stereocenters. The Kier molecular flexibility index (Phi) is 5.72. The van der Waals surface area contributed by atoms with Crippen LogP contribution in [-0.4, -0.2) is 59.6 Å². The predicted molar refractivity (Wildman–Crippen MR) is 89.3 cm³/mol. The van der Waals surface area contributed by atoms with Gasteiger partial charge < -0.3 is 20.7 Å². The summed E-state index contributed by atoms with van der Waals surface area (Å²) in [5.41, 5.74) is 5.90. The fourth-order valence-electron chi connectivity index (χ4n) is 2.31. The average molecular weight is 330 g/mol. The molecule has 0 aliphatic carbocycles. The van der Waals surface area contributed by atoms with E-state index < -0.39 is 0 Å². The minimum Gasteiger partial charge on any atom is -0.383 e. The van der Waals surface area contributed by atoms with Gasteiger partial charge in [-0.3, -0.25) is 4.79 Å². The summed E-state index contributed by atoms with van der Waals surface area (Å²) in [4.78, 5) is 19.2. The van der Waals surface area contributed by atoms with Crippen LogP contribution in [0.3, 0.4) is 0 Å². The van der Waals surface area contributed by atoms with Crippen molar-refractivity contribution >= 4 is 40.0 Å². The zero-order valence-corrected chi connectivity index (χ0v) is 14.2. The van der Waals surface area contributed by atoms with Gasteiger partial charge in [0.05, 0.1) is 6.61 Å². The Labute approximate surface area is 133 Å². The van der Waals surface area contributed by atoms with E-state index >= 15 is 0 Å². The summed E-state index contributed by atoms with van der Waals surface area (Å²) in [6.07, 6.45) is 0. The van der Waals surface area contributed by atoms with E-state index in [4.69, 9.17) is 10.5 Å². The molecule has 0 bridgehead atoms. The fraction of sp³-hybridized carbons (Fsp3) is 0.692. The second kappa shape index (κ2) is 7.33. The molecule has 8 heteroatoms. The third-order valence-electron chi connectivity index (χ3n) is 3.14. The first-order valence-corrected chi connectivity index (χ1v) is 8.71. The Morgan fingerprint density at radius 2 is 2.14 bits per heavy atom. The van der Waals surface area contributed by atoms with E-state index in [0.717, 1.165) is 13.1 Å². The number of nitrogens with one attached hydrogen (secondary N) is 1. The number of nitrogens with two attached hydrogens (primary N) is 1. The highest BCUT2D eigenvalue weighted by molar-refractivity contribution is 8.00. The third-order valence-corrected chi connectivity index (χ3v) is 5.38. The first-order chi connectivity index (χ1) is 10.0. The van der Waals surface area contributed by atoms with Crippen LogP contribution in [-0.2, 0) is 4.74 Å². The summed E-state index contributed by atoms with van der Waals surface area (Å²) in [6.45, 7) is 7.05. The molecule has 21 heavy (non-hydrogen) atoms. The SMILES string of the molecule is COCCNc1nc(N)c(C(=O)N2CC(C)SC(C)C2)s1. The molecule has 1 fully saturated rings. The molecule has 0 saturated carbocycles. The summed E-state index contributed by atoms with van der Waals surface area (Å²) in [5, 5.41) is 4.68. The largest absolute Gasteiger partial charge is 0.383 e. The van der Waals surface area contributed by atoms with Gasteiger partial charge in [0.25, 0.3) is 5.91 Å². The maximum Gasteiger partial charge on any atom is 0.267 e. The van der Waals surface area contributed by atoms with Crippen LogP contribution in [0.25, 0.3) is 0 Å². The number of carbonyl (C=O) groups excluding carboxylic acids is 1. The molecule has 0 aromatic carbocycles. The summed E-state index contributed by atoms with van der Waals surface area (Å²) in [7, 11) is 1.64. The van der Waals surface area contributed by atoms with Crippen LogP contribution in [0.2, 0.25) is 0 Å². The highest BCUT2D eigenvalue weighted by Crippen LogP contribution is 2.30. The predicted octanol–water partition coefficient (Wildman–Crippen LogP) is 1.75. The van der Waals surface area contributed by atoms with Crippen LogP contribution < -0.4 is 11.1 Å². The molecule has 3 N–H and O–H groups in total. The van der Waals surface area contributed by atoms with Gasteiger partial charge in [-0.25, -0.2) is 4.98 Å². The van der Waals surface area contributed by atoms with Gasteiger partial charge in [-0.15, -0.1) is 0 Å². The maximum atomic E-state index is 12.6. The molecule has 0 radical (unpaired) electrons. The number of hydrogen-bond donors (Lipinski definition) is 2. The normalized spacial score (nSPS) is 22.3. The highest BCUT2D eigenvalue weighted by atomic mass is 32.2. The molecule has 2 unspecified atom stereocenters. The van der Waals surface area contributed by atoms with Crippen LogP contribution in [0.15, 0.2) is 0 Å². The number of amides is 1. The Morgan fingerprint density at radius 1 is 1.48 bits per heavy atom. The first-order valence-electron chi connectivity index (χ1n) is 6.95. The van der Waals surface area contributed by atoms with E-state index in [1.165, 1.54) is 11.3 Å². The van der Waals surface area contributed by atoms with Gasteiger partial charge in [0.15, 0.2) is 5.13 Å². The van der Waals surface area contributed by atoms with Crippen molar-refractivity contribution in [1.82, 2.24) is 9.88 Å². The smallest absolute Gasteiger partial charge is 0.267 e. The number of aromatic nitrogens is 1. The van der Waals surface area contributed by atoms with Crippen LogP contribution >= 0.6 is 23.1 Å². The number of rotatable bonds is 5. The van der Waals surface area contributed by atoms with Crippen molar-refractivity contribution in [1.29, 1.82) is 0 Å². The van der Waals surface area contributed by atoms with Crippen molar-refractivity contribution < 1.29 is 9.53 Å². The standard InChI is InChI=1S/C13H22N4O2S2/c1-8-6-17(7-9(2)20-8)12(18)10-11(14)16-13(21-10)15-4-5-19-3/h8-9H,4-7,14H2,1-3H3,(H,15,16). The second-order valence-corrected chi connectivity index (χ2v) is 8.00. The molecule has 1 aromatic rings. The van der Waals surface area contributed by atoms with Crippen molar-refractivity contribution in [2.75, 3.05) is 44.4 Å². The van der Waals surface area contributed by atoms with Gasteiger partial charge in [0, 0.05) is 37.2 Å². The molecule has 1 amide bonds. The molecule has 2 heterocycles. The number of carbonyl (C=O) groups is 1. The van der Waals surface area contributed by atoms with Gasteiger partial charge in [0.2, 0.25) is 0 Å². The Balaban J connectivity index is 2.04. The zero-order chi connectivity index (χ0) is 15.4. The number of anilines is 2. The van der Waals surface area contributed by atoms with E-state index in [9.17, 15) is 4.79 Å². The third kappa shape index (κ3) is 4.24. The second-order valence-electron chi connectivity index (χ2n) is 5.12. The number of nitrogens with zero attached hydrogens (tertiary/aromatic N) is 2. The average Bonchev–Trinajstić information content (AvgIpc) is 2.78. The lowest BCUT2D eigenvalue weighted by Gasteiger charge is -2.34. The lowest BCUT2D eigenvalue weighted by Crippen LogP contribution is -2.43. The van der Waals surface area contributed by atoms with Gasteiger partial charge in [-0.2, -0.15) is 11.8 Å². The zero-order valence-electron chi connectivity index (χ0n) is 12.6. The fourth-order valence-corrected chi connectivity index (χ4v) is 4.51. The molecule has 6 nitrogen and oxygen atoms in total. The maximum absolute atomic E-state index is 12.6. The molecule has 0 spiro atoms. The molecule has 1 aromatic heterocycles. The molecule has 1 aliphatic rings. The molecule has 1 saturated heterocycles. The number of thioether (sulfide) groups is 1. The van der Waals surface area contributed by atoms with Crippen molar-refractivity contribution in [2.45, 2.75) is 24.3 Å². The van der Waals surface area contributed by atoms with Crippen molar-refractivity contribution in [3.8, 4) is 0 Å². The monoisotopic (exact) mass is 330 g/mol. The van der Waals surface area contributed by atoms with Crippen LogP contribution in [0.1, 0.15) is 23.5 Å². The van der Waals surface area contributed by atoms with Gasteiger partial charge in [-0.05, 0) is 0 Å². The van der Waals surface area contributed by atoms with E-state index in [1.807, 2.05) is 16.7 Å². The Morgan fingerprint density at radius 3 is 2.76 bits per heavy atom. The number of hydrogen-bond acceptors (Lipinski definition) is 7. The van der Waals surface area contributed by atoms with Gasteiger partial charge in [-0.1, -0.05) is 25.2 Å².